The van der Waals surface area contributed by atoms with Gasteiger partial charge in [-0.05, 0) is 49.2 Å². The zero-order chi connectivity index (χ0) is 20.0. The maximum absolute atomic E-state index is 12.5. The van der Waals surface area contributed by atoms with Crippen LogP contribution >= 0.6 is 23.2 Å². The minimum absolute atomic E-state index is 0.109. The number of hydrogen-bond donors (Lipinski definition) is 1. The first-order valence-corrected chi connectivity index (χ1v) is 8.85. The number of nitriles is 1. The van der Waals surface area contributed by atoms with Crippen molar-refractivity contribution in [2.24, 2.45) is 0 Å². The molecule has 0 saturated carbocycles. The molecule has 7 heteroatoms. The van der Waals surface area contributed by atoms with Gasteiger partial charge in [-0.3, -0.25) is 4.79 Å². The highest BCUT2D eigenvalue weighted by Gasteiger charge is 2.15. The number of amides is 1. The second-order valence-corrected chi connectivity index (χ2v) is 6.31. The predicted octanol–water partition coefficient (Wildman–Crippen LogP) is 5.25. The summed E-state index contributed by atoms with van der Waals surface area (Å²) in [5, 5.41) is 13.0. The van der Waals surface area contributed by atoms with Gasteiger partial charge in [0, 0.05) is 16.8 Å². The van der Waals surface area contributed by atoms with Crippen molar-refractivity contribution in [2.45, 2.75) is 13.8 Å². The molecule has 0 spiro atoms. The van der Waals surface area contributed by atoms with Gasteiger partial charge in [0.25, 0.3) is 5.91 Å². The van der Waals surface area contributed by atoms with Crippen molar-refractivity contribution in [3.63, 3.8) is 0 Å². The number of methoxy groups -OCH3 is 1. The molecular formula is C20H18Cl2N2O3. The molecule has 2 aromatic rings. The van der Waals surface area contributed by atoms with Gasteiger partial charge in [-0.1, -0.05) is 29.3 Å². The first-order valence-electron chi connectivity index (χ1n) is 8.09. The van der Waals surface area contributed by atoms with Crippen molar-refractivity contribution in [3.8, 4) is 17.6 Å². The van der Waals surface area contributed by atoms with Crippen LogP contribution in [0.15, 0.2) is 35.9 Å². The molecule has 27 heavy (non-hydrogen) atoms. The summed E-state index contributed by atoms with van der Waals surface area (Å²) in [6.45, 7) is 4.08. The summed E-state index contributed by atoms with van der Waals surface area (Å²) in [6.07, 6.45) is 1.40. The number of ether oxygens (including phenoxy) is 2. The van der Waals surface area contributed by atoms with Crippen LogP contribution in [0, 0.1) is 18.3 Å². The van der Waals surface area contributed by atoms with E-state index in [1.54, 1.807) is 37.3 Å². The van der Waals surface area contributed by atoms with E-state index in [-0.39, 0.29) is 5.57 Å². The van der Waals surface area contributed by atoms with Crippen LogP contribution in [0.4, 0.5) is 5.69 Å². The van der Waals surface area contributed by atoms with Crippen molar-refractivity contribution in [1.82, 2.24) is 0 Å². The lowest BCUT2D eigenvalue weighted by molar-refractivity contribution is -0.112. The van der Waals surface area contributed by atoms with Gasteiger partial charge in [0.2, 0.25) is 0 Å². The maximum Gasteiger partial charge on any atom is 0.266 e. The fraction of sp³-hybridized carbons (Fsp3) is 0.200. The minimum Gasteiger partial charge on any atom is -0.493 e. The normalized spacial score (nSPS) is 10.9. The fourth-order valence-corrected chi connectivity index (χ4v) is 2.71. The Bertz CT molecular complexity index is 934. The van der Waals surface area contributed by atoms with E-state index in [2.05, 4.69) is 5.32 Å². The number of benzene rings is 2. The van der Waals surface area contributed by atoms with Crippen molar-refractivity contribution >= 4 is 40.9 Å². The number of halogens is 2. The molecule has 5 nitrogen and oxygen atoms in total. The molecule has 0 aliphatic heterocycles. The van der Waals surface area contributed by atoms with Crippen LogP contribution in [0.25, 0.3) is 6.08 Å². The summed E-state index contributed by atoms with van der Waals surface area (Å²) in [6, 6.07) is 10.2. The highest BCUT2D eigenvalue weighted by molar-refractivity contribution is 6.32. The molecular weight excluding hydrogens is 387 g/mol. The maximum atomic E-state index is 12.5. The Balaban J connectivity index is 2.36. The number of hydrogen-bond acceptors (Lipinski definition) is 4. The molecule has 0 bridgehead atoms. The largest absolute Gasteiger partial charge is 0.493 e. The molecule has 0 heterocycles. The van der Waals surface area contributed by atoms with E-state index >= 15 is 0 Å². The Morgan fingerprint density at radius 3 is 2.63 bits per heavy atom. The van der Waals surface area contributed by atoms with Gasteiger partial charge in [0.15, 0.2) is 11.5 Å². The van der Waals surface area contributed by atoms with Crippen LogP contribution in [0.2, 0.25) is 10.0 Å². The molecule has 1 amide bonds. The van der Waals surface area contributed by atoms with Crippen LogP contribution in [0.1, 0.15) is 18.1 Å². The highest BCUT2D eigenvalue weighted by atomic mass is 35.5. The topological polar surface area (TPSA) is 71.3 Å². The zero-order valence-corrected chi connectivity index (χ0v) is 16.6. The molecule has 0 aromatic heterocycles. The van der Waals surface area contributed by atoms with E-state index in [1.165, 1.54) is 13.2 Å². The molecule has 0 unspecified atom stereocenters. The Hall–Kier alpha value is -2.68. The molecule has 0 atom stereocenters. The third-order valence-electron chi connectivity index (χ3n) is 3.76. The Morgan fingerprint density at radius 2 is 2.00 bits per heavy atom. The van der Waals surface area contributed by atoms with Gasteiger partial charge in [-0.15, -0.1) is 0 Å². The summed E-state index contributed by atoms with van der Waals surface area (Å²) in [5.74, 6) is 0.377. The van der Waals surface area contributed by atoms with Gasteiger partial charge >= 0.3 is 0 Å². The Kier molecular flexibility index (Phi) is 7.12. The van der Waals surface area contributed by atoms with Gasteiger partial charge in [0.1, 0.15) is 11.6 Å². The third-order valence-corrected chi connectivity index (χ3v) is 4.50. The second kappa shape index (κ2) is 9.31. The van der Waals surface area contributed by atoms with Gasteiger partial charge in [-0.2, -0.15) is 5.26 Å². The number of nitrogens with zero attached hydrogens (tertiary/aromatic N) is 1. The highest BCUT2D eigenvalue weighted by Crippen LogP contribution is 2.34. The summed E-state index contributed by atoms with van der Waals surface area (Å²) in [5.41, 5.74) is 1.60. The summed E-state index contributed by atoms with van der Waals surface area (Å²) in [7, 11) is 1.50. The van der Waals surface area contributed by atoms with Crippen LogP contribution in [-0.2, 0) is 4.79 Å². The molecule has 140 valence electrons. The Labute approximate surface area is 168 Å². The standard InChI is InChI=1S/C20H18Cl2N2O3/c1-4-27-19-10-16(22)13(9-18(19)26-3)8-14(11-23)20(25)24-17-7-5-6-15(21)12(17)2/h5-10H,4H2,1-3H3,(H,24,25)/b14-8+. The first kappa shape index (κ1) is 20.6. The van der Waals surface area contributed by atoms with E-state index in [9.17, 15) is 10.1 Å². The zero-order valence-electron chi connectivity index (χ0n) is 15.1. The molecule has 0 radical (unpaired) electrons. The quantitative estimate of drug-likeness (QED) is 0.526. The van der Waals surface area contributed by atoms with E-state index < -0.39 is 5.91 Å². The van der Waals surface area contributed by atoms with E-state index in [4.69, 9.17) is 32.7 Å². The van der Waals surface area contributed by atoms with Crippen molar-refractivity contribution < 1.29 is 14.3 Å². The first-order chi connectivity index (χ1) is 12.9. The van der Waals surface area contributed by atoms with E-state index in [1.807, 2.05) is 13.0 Å². The number of rotatable bonds is 6. The van der Waals surface area contributed by atoms with Gasteiger partial charge in [-0.25, -0.2) is 0 Å². The monoisotopic (exact) mass is 404 g/mol. The lowest BCUT2D eigenvalue weighted by atomic mass is 10.1. The van der Waals surface area contributed by atoms with E-state index in [0.29, 0.717) is 45.0 Å². The van der Waals surface area contributed by atoms with Crippen molar-refractivity contribution in [3.05, 3.63) is 57.1 Å². The number of carbonyl (C=O) groups excluding carboxylic acids is 1. The molecule has 2 rings (SSSR count). The van der Waals surface area contributed by atoms with Crippen LogP contribution in [-0.4, -0.2) is 19.6 Å². The third kappa shape index (κ3) is 4.94. The van der Waals surface area contributed by atoms with Crippen molar-refractivity contribution in [2.75, 3.05) is 19.0 Å². The van der Waals surface area contributed by atoms with E-state index in [0.717, 1.165) is 0 Å². The second-order valence-electron chi connectivity index (χ2n) is 5.49. The summed E-state index contributed by atoms with van der Waals surface area (Å²) in [4.78, 5) is 12.5. The summed E-state index contributed by atoms with van der Waals surface area (Å²) < 4.78 is 10.7. The number of anilines is 1. The number of carbonyl (C=O) groups is 1. The molecule has 2 aromatic carbocycles. The molecule has 1 N–H and O–H groups in total. The van der Waals surface area contributed by atoms with Crippen LogP contribution in [0.5, 0.6) is 11.5 Å². The Morgan fingerprint density at radius 1 is 1.26 bits per heavy atom. The average molecular weight is 405 g/mol. The minimum atomic E-state index is -0.563. The van der Waals surface area contributed by atoms with Crippen LogP contribution < -0.4 is 14.8 Å². The smallest absolute Gasteiger partial charge is 0.266 e. The summed E-state index contributed by atoms with van der Waals surface area (Å²) >= 11 is 12.3. The van der Waals surface area contributed by atoms with Crippen LogP contribution in [0.3, 0.4) is 0 Å². The lowest BCUT2D eigenvalue weighted by Gasteiger charge is -2.12. The molecule has 0 saturated heterocycles. The SMILES string of the molecule is CCOc1cc(Cl)c(/C=C(\C#N)C(=O)Nc2cccc(Cl)c2C)cc1OC. The molecule has 0 aliphatic carbocycles. The molecule has 0 aliphatic rings. The van der Waals surface area contributed by atoms with Gasteiger partial charge < -0.3 is 14.8 Å². The lowest BCUT2D eigenvalue weighted by Crippen LogP contribution is -2.14. The van der Waals surface area contributed by atoms with Crippen molar-refractivity contribution in [1.29, 1.82) is 5.26 Å². The fourth-order valence-electron chi connectivity index (χ4n) is 2.33. The average Bonchev–Trinajstić information content (AvgIpc) is 2.65. The number of nitrogens with one attached hydrogen (secondary N) is 1. The van der Waals surface area contributed by atoms with Gasteiger partial charge in [0.05, 0.1) is 18.7 Å². The predicted molar refractivity (Wildman–Crippen MR) is 108 cm³/mol. The molecule has 0 fully saturated rings.